The second-order valence-electron chi connectivity index (χ2n) is 6.09. The first kappa shape index (κ1) is 13.9. The van der Waals surface area contributed by atoms with Gasteiger partial charge in [-0.25, -0.2) is 0 Å². The van der Waals surface area contributed by atoms with Crippen LogP contribution in [-0.4, -0.2) is 12.1 Å². The Bertz CT molecular complexity index is 245. The van der Waals surface area contributed by atoms with E-state index in [1.165, 1.54) is 57.8 Å². The van der Waals surface area contributed by atoms with Crippen LogP contribution >= 0.6 is 0 Å². The number of rotatable bonds is 0. The van der Waals surface area contributed by atoms with Gasteiger partial charge in [-0.3, -0.25) is 4.79 Å². The molecule has 0 aromatic heterocycles. The molecule has 2 bridgehead atoms. The molecular weight excluding hydrogens is 224 g/mol. The minimum Gasteiger partial charge on any atom is -0.462 e. The second kappa shape index (κ2) is 7.81. The van der Waals surface area contributed by atoms with Crippen LogP contribution in [0.5, 0.6) is 0 Å². The summed E-state index contributed by atoms with van der Waals surface area (Å²) < 4.78 is 5.59. The number of hydrogen-bond acceptors (Lipinski definition) is 2. The number of esters is 1. The maximum atomic E-state index is 11.9. The summed E-state index contributed by atoms with van der Waals surface area (Å²) in [5, 5.41) is 0. The van der Waals surface area contributed by atoms with Gasteiger partial charge in [-0.1, -0.05) is 51.4 Å². The lowest BCUT2D eigenvalue weighted by atomic mass is 9.91. The molecule has 3 rings (SSSR count). The lowest BCUT2D eigenvalue weighted by Crippen LogP contribution is -2.31. The zero-order valence-electron chi connectivity index (χ0n) is 11.7. The minimum absolute atomic E-state index is 0.0983. The zero-order valence-corrected chi connectivity index (χ0v) is 11.7. The molecule has 2 heteroatoms. The van der Waals surface area contributed by atoms with Gasteiger partial charge in [-0.15, -0.1) is 0 Å². The summed E-state index contributed by atoms with van der Waals surface area (Å²) in [7, 11) is 0. The van der Waals surface area contributed by atoms with Crippen molar-refractivity contribution in [2.24, 2.45) is 5.92 Å². The van der Waals surface area contributed by atoms with Crippen LogP contribution < -0.4 is 0 Å². The van der Waals surface area contributed by atoms with Gasteiger partial charge in [0.25, 0.3) is 0 Å². The Balaban J connectivity index is 1.80. The summed E-state index contributed by atoms with van der Waals surface area (Å²) in [5.41, 5.74) is 0. The van der Waals surface area contributed by atoms with E-state index in [1.54, 1.807) is 0 Å². The Kier molecular flexibility index (Phi) is 6.02. The van der Waals surface area contributed by atoms with Gasteiger partial charge in [-0.2, -0.15) is 0 Å². The number of ether oxygens (including phenoxy) is 1. The van der Waals surface area contributed by atoms with Gasteiger partial charge in [0.15, 0.2) is 0 Å². The smallest absolute Gasteiger partial charge is 0.309 e. The van der Waals surface area contributed by atoms with Crippen LogP contribution in [0.4, 0.5) is 0 Å². The van der Waals surface area contributed by atoms with Crippen LogP contribution in [-0.2, 0) is 9.53 Å². The Morgan fingerprint density at radius 1 is 0.667 bits per heavy atom. The molecule has 2 nitrogen and oxygen atoms in total. The van der Waals surface area contributed by atoms with Gasteiger partial charge in [0.05, 0.1) is 5.92 Å². The molecule has 3 fully saturated rings. The minimum atomic E-state index is 0.0983. The summed E-state index contributed by atoms with van der Waals surface area (Å²) in [6, 6.07) is 0. The van der Waals surface area contributed by atoms with Gasteiger partial charge < -0.3 is 4.74 Å². The van der Waals surface area contributed by atoms with Crippen molar-refractivity contribution in [3.63, 3.8) is 0 Å². The van der Waals surface area contributed by atoms with Gasteiger partial charge in [0.1, 0.15) is 6.10 Å². The highest BCUT2D eigenvalue weighted by atomic mass is 16.5. The van der Waals surface area contributed by atoms with E-state index in [1.807, 2.05) is 0 Å². The maximum Gasteiger partial charge on any atom is 0.309 e. The zero-order chi connectivity index (χ0) is 12.6. The van der Waals surface area contributed by atoms with E-state index in [4.69, 9.17) is 4.74 Å². The molecule has 0 aromatic carbocycles. The van der Waals surface area contributed by atoms with E-state index in [2.05, 4.69) is 0 Å². The Morgan fingerprint density at radius 2 is 1.22 bits per heavy atom. The molecule has 2 unspecified atom stereocenters. The largest absolute Gasteiger partial charge is 0.462 e. The molecule has 0 N–H and O–H groups in total. The van der Waals surface area contributed by atoms with Crippen molar-refractivity contribution < 1.29 is 9.53 Å². The Labute approximate surface area is 111 Å². The fraction of sp³-hybridized carbons (Fsp3) is 0.938. The van der Waals surface area contributed by atoms with Gasteiger partial charge in [0, 0.05) is 0 Å². The van der Waals surface area contributed by atoms with Crippen molar-refractivity contribution in [1.29, 1.82) is 0 Å². The monoisotopic (exact) mass is 252 g/mol. The van der Waals surface area contributed by atoms with E-state index in [-0.39, 0.29) is 18.0 Å². The first-order valence-corrected chi connectivity index (χ1v) is 8.07. The predicted molar refractivity (Wildman–Crippen MR) is 73.4 cm³/mol. The summed E-state index contributed by atoms with van der Waals surface area (Å²) in [4.78, 5) is 11.9. The highest BCUT2D eigenvalue weighted by molar-refractivity contribution is 5.73. The highest BCUT2D eigenvalue weighted by Crippen LogP contribution is 2.28. The second-order valence-corrected chi connectivity index (χ2v) is 6.09. The molecular formula is C16H28O2. The predicted octanol–water partition coefficient (Wildman–Crippen LogP) is 4.61. The molecule has 2 atom stereocenters. The van der Waals surface area contributed by atoms with E-state index >= 15 is 0 Å². The average Bonchev–Trinajstić information content (AvgIpc) is 2.38. The third-order valence-corrected chi connectivity index (χ3v) is 4.53. The Morgan fingerprint density at radius 3 is 1.83 bits per heavy atom. The van der Waals surface area contributed by atoms with Gasteiger partial charge in [-0.05, 0) is 32.1 Å². The molecule has 0 spiro atoms. The number of hydrogen-bond donors (Lipinski definition) is 0. The third kappa shape index (κ3) is 4.62. The molecule has 18 heavy (non-hydrogen) atoms. The van der Waals surface area contributed by atoms with Crippen LogP contribution in [0.25, 0.3) is 0 Å². The lowest BCUT2D eigenvalue weighted by molar-refractivity contribution is -0.161. The van der Waals surface area contributed by atoms with Crippen LogP contribution in [0.15, 0.2) is 0 Å². The van der Waals surface area contributed by atoms with E-state index in [9.17, 15) is 4.79 Å². The fourth-order valence-corrected chi connectivity index (χ4v) is 3.29. The normalized spacial score (nSPS) is 32.3. The van der Waals surface area contributed by atoms with Crippen molar-refractivity contribution in [2.45, 2.75) is 89.6 Å². The van der Waals surface area contributed by atoms with E-state index in [0.717, 1.165) is 25.7 Å². The summed E-state index contributed by atoms with van der Waals surface area (Å²) in [5.74, 6) is 0.312. The van der Waals surface area contributed by atoms with Crippen LogP contribution in [0.2, 0.25) is 0 Å². The highest BCUT2D eigenvalue weighted by Gasteiger charge is 2.29. The first-order chi connectivity index (χ1) is 8.86. The molecule has 0 radical (unpaired) electrons. The van der Waals surface area contributed by atoms with Crippen molar-refractivity contribution in [3.8, 4) is 0 Å². The van der Waals surface area contributed by atoms with Crippen LogP contribution in [0, 0.1) is 5.92 Å². The average molecular weight is 252 g/mol. The molecule has 2 aliphatic heterocycles. The van der Waals surface area contributed by atoms with Crippen molar-refractivity contribution in [2.75, 3.05) is 0 Å². The maximum absolute atomic E-state index is 11.9. The number of fused-ring (bicyclic) bond motifs is 12. The van der Waals surface area contributed by atoms with Crippen molar-refractivity contribution in [3.05, 3.63) is 0 Å². The molecule has 104 valence electrons. The molecule has 0 aromatic rings. The summed E-state index contributed by atoms with van der Waals surface area (Å²) in [6.45, 7) is 0. The topological polar surface area (TPSA) is 26.3 Å². The van der Waals surface area contributed by atoms with Crippen LogP contribution in [0.3, 0.4) is 0 Å². The first-order valence-electron chi connectivity index (χ1n) is 8.07. The SMILES string of the molecule is O=C1OC2CCCCCCCCCCCC1CC2. The van der Waals surface area contributed by atoms with Crippen molar-refractivity contribution in [1.82, 2.24) is 0 Å². The molecule has 2 heterocycles. The fourth-order valence-electron chi connectivity index (χ4n) is 3.29. The Hall–Kier alpha value is -0.530. The molecule has 0 amide bonds. The van der Waals surface area contributed by atoms with Crippen molar-refractivity contribution >= 4 is 5.97 Å². The summed E-state index contributed by atoms with van der Waals surface area (Å²) >= 11 is 0. The van der Waals surface area contributed by atoms with E-state index in [0.29, 0.717) is 0 Å². The molecule has 1 aliphatic carbocycles. The van der Waals surface area contributed by atoms with Gasteiger partial charge >= 0.3 is 5.97 Å². The van der Waals surface area contributed by atoms with E-state index < -0.39 is 0 Å². The third-order valence-electron chi connectivity index (χ3n) is 4.53. The standard InChI is InChI=1S/C16H28O2/c17-16-14-10-8-6-4-2-1-3-5-7-9-11-15(18-16)13-12-14/h14-15H,1-13H2. The molecule has 2 saturated heterocycles. The van der Waals surface area contributed by atoms with Crippen LogP contribution in [0.1, 0.15) is 83.5 Å². The number of carbonyl (C=O) groups excluding carboxylic acids is 1. The molecule has 1 saturated carbocycles. The molecule has 3 aliphatic rings. The number of carbonyl (C=O) groups is 1. The summed E-state index contributed by atoms with van der Waals surface area (Å²) in [6.07, 6.45) is 16.5. The lowest BCUT2D eigenvalue weighted by Gasteiger charge is -2.28. The van der Waals surface area contributed by atoms with Gasteiger partial charge in [0.2, 0.25) is 0 Å². The quantitative estimate of drug-likeness (QED) is 0.588.